The first-order valence-electron chi connectivity index (χ1n) is 10.2. The maximum absolute atomic E-state index is 5.74. The normalized spacial score (nSPS) is 11.5. The quantitative estimate of drug-likeness (QED) is 0.224. The van der Waals surface area contributed by atoms with Gasteiger partial charge < -0.3 is 9.47 Å². The molecular formula is C28H22Br2O2. The zero-order valence-corrected chi connectivity index (χ0v) is 21.0. The van der Waals surface area contributed by atoms with E-state index >= 15 is 0 Å². The Bertz CT molecular complexity index is 1320. The third-order valence-electron chi connectivity index (χ3n) is 5.26. The highest BCUT2D eigenvalue weighted by Crippen LogP contribution is 2.37. The lowest BCUT2D eigenvalue weighted by molar-refractivity contribution is 0.354. The Morgan fingerprint density at radius 3 is 1.75 bits per heavy atom. The maximum atomic E-state index is 5.74. The van der Waals surface area contributed by atoms with E-state index in [2.05, 4.69) is 86.5 Å². The van der Waals surface area contributed by atoms with Crippen LogP contribution in [0.2, 0.25) is 0 Å². The van der Waals surface area contributed by atoms with E-state index in [1.54, 1.807) is 14.2 Å². The van der Waals surface area contributed by atoms with E-state index < -0.39 is 0 Å². The SMILES string of the molecule is COc1c(/C=C\c2ccccc2Br)ccc(/C=C\c2ccc3ccccc3c2Br)c1OC. The van der Waals surface area contributed by atoms with Gasteiger partial charge in [0.25, 0.3) is 0 Å². The van der Waals surface area contributed by atoms with Crippen molar-refractivity contribution in [3.8, 4) is 11.5 Å². The van der Waals surface area contributed by atoms with Crippen LogP contribution in [0.1, 0.15) is 22.3 Å². The van der Waals surface area contributed by atoms with Gasteiger partial charge in [-0.2, -0.15) is 0 Å². The van der Waals surface area contributed by atoms with Crippen LogP contribution < -0.4 is 9.47 Å². The van der Waals surface area contributed by atoms with Crippen LogP contribution in [0.5, 0.6) is 11.5 Å². The van der Waals surface area contributed by atoms with Crippen LogP contribution in [-0.4, -0.2) is 14.2 Å². The molecule has 32 heavy (non-hydrogen) atoms. The first kappa shape index (κ1) is 22.4. The summed E-state index contributed by atoms with van der Waals surface area (Å²) < 4.78 is 13.6. The van der Waals surface area contributed by atoms with E-state index in [-0.39, 0.29) is 0 Å². The topological polar surface area (TPSA) is 18.5 Å². The summed E-state index contributed by atoms with van der Waals surface area (Å²) in [5.74, 6) is 1.41. The molecule has 0 amide bonds. The fraction of sp³-hybridized carbons (Fsp3) is 0.0714. The number of ether oxygens (including phenoxy) is 2. The minimum Gasteiger partial charge on any atom is -0.492 e. The van der Waals surface area contributed by atoms with E-state index in [4.69, 9.17) is 9.47 Å². The average Bonchev–Trinajstić information content (AvgIpc) is 2.83. The summed E-state index contributed by atoms with van der Waals surface area (Å²) in [5, 5.41) is 2.39. The second-order valence-electron chi connectivity index (χ2n) is 7.19. The molecule has 0 unspecified atom stereocenters. The molecule has 0 aromatic heterocycles. The van der Waals surface area contributed by atoms with E-state index in [0.29, 0.717) is 11.5 Å². The summed E-state index contributed by atoms with van der Waals surface area (Å²) in [5.41, 5.74) is 4.09. The van der Waals surface area contributed by atoms with Crippen molar-refractivity contribution >= 4 is 66.9 Å². The first-order valence-corrected chi connectivity index (χ1v) is 11.7. The Labute approximate surface area is 205 Å². The second kappa shape index (κ2) is 10.2. The molecule has 0 heterocycles. The minimum absolute atomic E-state index is 0.704. The Hall–Kier alpha value is -2.82. The zero-order chi connectivity index (χ0) is 22.5. The lowest BCUT2D eigenvalue weighted by atomic mass is 10.0. The monoisotopic (exact) mass is 548 g/mol. The molecule has 0 atom stereocenters. The number of fused-ring (bicyclic) bond motifs is 1. The first-order chi connectivity index (χ1) is 15.6. The van der Waals surface area contributed by atoms with E-state index in [9.17, 15) is 0 Å². The van der Waals surface area contributed by atoms with Gasteiger partial charge in [-0.05, 0) is 43.9 Å². The molecule has 0 bridgehead atoms. The molecule has 4 aromatic carbocycles. The average molecular weight is 550 g/mol. The molecule has 0 saturated heterocycles. The summed E-state index contributed by atoms with van der Waals surface area (Å²) in [6, 6.07) is 24.8. The molecular weight excluding hydrogens is 528 g/mol. The molecule has 0 saturated carbocycles. The van der Waals surface area contributed by atoms with Gasteiger partial charge in [-0.1, -0.05) is 107 Å². The third-order valence-corrected chi connectivity index (χ3v) is 6.87. The van der Waals surface area contributed by atoms with E-state index in [1.165, 1.54) is 10.8 Å². The van der Waals surface area contributed by atoms with Gasteiger partial charge in [-0.25, -0.2) is 0 Å². The van der Waals surface area contributed by atoms with E-state index in [1.807, 2.05) is 42.5 Å². The number of hydrogen-bond donors (Lipinski definition) is 0. The number of benzene rings is 4. The molecule has 0 radical (unpaired) electrons. The van der Waals surface area contributed by atoms with Crippen LogP contribution in [0.15, 0.2) is 81.7 Å². The van der Waals surface area contributed by atoms with Gasteiger partial charge in [0.1, 0.15) is 0 Å². The predicted molar refractivity (Wildman–Crippen MR) is 143 cm³/mol. The Kier molecular flexibility index (Phi) is 7.13. The number of halogens is 2. The van der Waals surface area contributed by atoms with Crippen LogP contribution in [-0.2, 0) is 0 Å². The van der Waals surface area contributed by atoms with Crippen molar-refractivity contribution in [3.05, 3.63) is 104 Å². The summed E-state index contributed by atoms with van der Waals surface area (Å²) in [4.78, 5) is 0. The van der Waals surface area contributed by atoms with Gasteiger partial charge in [0.05, 0.1) is 14.2 Å². The van der Waals surface area contributed by atoms with Gasteiger partial charge in [0, 0.05) is 20.1 Å². The number of methoxy groups -OCH3 is 2. The van der Waals surface area contributed by atoms with Crippen LogP contribution in [0, 0.1) is 0 Å². The zero-order valence-electron chi connectivity index (χ0n) is 17.8. The summed E-state index contributed by atoms with van der Waals surface area (Å²) in [7, 11) is 3.34. The highest BCUT2D eigenvalue weighted by atomic mass is 79.9. The molecule has 160 valence electrons. The van der Waals surface area contributed by atoms with Crippen LogP contribution in [0.3, 0.4) is 0 Å². The van der Waals surface area contributed by atoms with Crippen molar-refractivity contribution < 1.29 is 9.47 Å². The van der Waals surface area contributed by atoms with Gasteiger partial charge in [-0.15, -0.1) is 0 Å². The molecule has 4 aromatic rings. The number of hydrogen-bond acceptors (Lipinski definition) is 2. The fourth-order valence-corrected chi connectivity index (χ4v) is 4.67. The molecule has 0 aliphatic carbocycles. The van der Waals surface area contributed by atoms with Crippen molar-refractivity contribution in [1.29, 1.82) is 0 Å². The molecule has 0 spiro atoms. The Balaban J connectivity index is 1.70. The van der Waals surface area contributed by atoms with Crippen molar-refractivity contribution in [3.63, 3.8) is 0 Å². The van der Waals surface area contributed by atoms with Crippen LogP contribution >= 0.6 is 31.9 Å². The second-order valence-corrected chi connectivity index (χ2v) is 8.84. The molecule has 0 aliphatic heterocycles. The van der Waals surface area contributed by atoms with Crippen molar-refractivity contribution in [2.75, 3.05) is 14.2 Å². The smallest absolute Gasteiger partial charge is 0.168 e. The van der Waals surface area contributed by atoms with Gasteiger partial charge in [0.15, 0.2) is 11.5 Å². The molecule has 4 heteroatoms. The van der Waals surface area contributed by atoms with E-state index in [0.717, 1.165) is 31.2 Å². The number of rotatable bonds is 6. The highest BCUT2D eigenvalue weighted by molar-refractivity contribution is 9.11. The lowest BCUT2D eigenvalue weighted by Gasteiger charge is -2.13. The molecule has 4 rings (SSSR count). The minimum atomic E-state index is 0.704. The summed E-state index contributed by atoms with van der Waals surface area (Å²) >= 11 is 7.35. The van der Waals surface area contributed by atoms with Crippen LogP contribution in [0.4, 0.5) is 0 Å². The van der Waals surface area contributed by atoms with Crippen LogP contribution in [0.25, 0.3) is 35.1 Å². The largest absolute Gasteiger partial charge is 0.492 e. The van der Waals surface area contributed by atoms with Gasteiger partial charge in [0.2, 0.25) is 0 Å². The lowest BCUT2D eigenvalue weighted by Crippen LogP contribution is -1.95. The maximum Gasteiger partial charge on any atom is 0.168 e. The third kappa shape index (κ3) is 4.67. The Morgan fingerprint density at radius 1 is 0.562 bits per heavy atom. The standard InChI is InChI=1S/C28H22Br2O2/c1-31-27-22(15-12-20-8-4-6-10-25(20)29)17-18-23(28(27)32-2)16-14-21-13-11-19-7-3-5-9-24(19)26(21)30/h3-18H,1-2H3/b15-12-,16-14-. The molecule has 2 nitrogen and oxygen atoms in total. The molecule has 0 fully saturated rings. The Morgan fingerprint density at radius 2 is 1.09 bits per heavy atom. The summed E-state index contributed by atoms with van der Waals surface area (Å²) in [6.45, 7) is 0. The molecule has 0 N–H and O–H groups in total. The van der Waals surface area contributed by atoms with Crippen molar-refractivity contribution in [1.82, 2.24) is 0 Å². The van der Waals surface area contributed by atoms with Crippen molar-refractivity contribution in [2.24, 2.45) is 0 Å². The predicted octanol–water partition coefficient (Wildman–Crippen LogP) is 8.72. The van der Waals surface area contributed by atoms with Crippen molar-refractivity contribution in [2.45, 2.75) is 0 Å². The molecule has 0 aliphatic rings. The summed E-state index contributed by atoms with van der Waals surface area (Å²) in [6.07, 6.45) is 8.24. The van der Waals surface area contributed by atoms with Gasteiger partial charge >= 0.3 is 0 Å². The highest BCUT2D eigenvalue weighted by Gasteiger charge is 2.12. The fourth-order valence-electron chi connectivity index (χ4n) is 3.63. The van der Waals surface area contributed by atoms with Gasteiger partial charge in [-0.3, -0.25) is 0 Å².